The summed E-state index contributed by atoms with van der Waals surface area (Å²) in [5.41, 5.74) is 0.702. The molecule has 0 aliphatic carbocycles. The highest BCUT2D eigenvalue weighted by molar-refractivity contribution is 6.06. The van der Waals surface area contributed by atoms with Gasteiger partial charge in [0.1, 0.15) is 6.61 Å². The van der Waals surface area contributed by atoms with Crippen LogP contribution in [0, 0.1) is 0 Å². The summed E-state index contributed by atoms with van der Waals surface area (Å²) in [6.07, 6.45) is 6.84. The molecule has 2 rings (SSSR count). The summed E-state index contributed by atoms with van der Waals surface area (Å²) < 4.78 is 16.5. The highest BCUT2D eigenvalue weighted by Gasteiger charge is 2.19. The van der Waals surface area contributed by atoms with Crippen molar-refractivity contribution in [2.24, 2.45) is 0 Å². The van der Waals surface area contributed by atoms with E-state index in [0.29, 0.717) is 48.9 Å². The second-order valence-electron chi connectivity index (χ2n) is 5.56. The van der Waals surface area contributed by atoms with E-state index in [9.17, 15) is 9.59 Å². The zero-order valence-electron chi connectivity index (χ0n) is 15.3. The van der Waals surface area contributed by atoms with Gasteiger partial charge < -0.3 is 19.5 Å². The number of carbonyl (C=O) groups excluding carboxylic acids is 2. The van der Waals surface area contributed by atoms with Crippen molar-refractivity contribution in [2.75, 3.05) is 41.0 Å². The smallest absolute Gasteiger partial charge is 0.253 e. The predicted octanol–water partition coefficient (Wildman–Crippen LogP) is 1.63. The molecule has 7 nitrogen and oxygen atoms in total. The Kier molecular flexibility index (Phi) is 7.23. The molecule has 140 valence electrons. The Morgan fingerprint density at radius 2 is 1.96 bits per heavy atom. The van der Waals surface area contributed by atoms with Crippen LogP contribution in [-0.2, 0) is 9.59 Å². The van der Waals surface area contributed by atoms with Crippen molar-refractivity contribution in [3.63, 3.8) is 0 Å². The number of rotatable bonds is 8. The maximum Gasteiger partial charge on any atom is 0.253 e. The molecule has 0 unspecified atom stereocenters. The highest BCUT2D eigenvalue weighted by atomic mass is 16.5. The monoisotopic (exact) mass is 360 g/mol. The fourth-order valence-corrected chi connectivity index (χ4v) is 2.46. The van der Waals surface area contributed by atoms with E-state index in [4.69, 9.17) is 14.2 Å². The van der Waals surface area contributed by atoms with E-state index in [0.717, 1.165) is 0 Å². The number of carbonyl (C=O) groups is 2. The van der Waals surface area contributed by atoms with Crippen LogP contribution in [-0.4, -0.2) is 57.7 Å². The summed E-state index contributed by atoms with van der Waals surface area (Å²) in [5.74, 6) is 0.861. The van der Waals surface area contributed by atoms with E-state index in [1.54, 1.807) is 24.3 Å². The van der Waals surface area contributed by atoms with E-state index >= 15 is 0 Å². The van der Waals surface area contributed by atoms with Crippen LogP contribution in [0.3, 0.4) is 0 Å². The third-order valence-electron chi connectivity index (χ3n) is 3.81. The second-order valence-corrected chi connectivity index (χ2v) is 5.56. The van der Waals surface area contributed by atoms with E-state index in [-0.39, 0.29) is 11.8 Å². The van der Waals surface area contributed by atoms with E-state index in [2.05, 4.69) is 5.32 Å². The van der Waals surface area contributed by atoms with E-state index in [1.807, 2.05) is 7.05 Å². The molecule has 0 atom stereocenters. The molecule has 0 bridgehead atoms. The van der Waals surface area contributed by atoms with Gasteiger partial charge in [0.25, 0.3) is 11.8 Å². The van der Waals surface area contributed by atoms with Crippen molar-refractivity contribution >= 4 is 17.9 Å². The molecule has 0 aromatic heterocycles. The van der Waals surface area contributed by atoms with Gasteiger partial charge in [-0.2, -0.15) is 0 Å². The summed E-state index contributed by atoms with van der Waals surface area (Å²) in [7, 11) is 4.92. The largest absolute Gasteiger partial charge is 0.493 e. The lowest BCUT2D eigenvalue weighted by atomic mass is 10.1. The summed E-state index contributed by atoms with van der Waals surface area (Å²) in [4.78, 5) is 25.2. The van der Waals surface area contributed by atoms with Crippen molar-refractivity contribution in [2.45, 2.75) is 6.42 Å². The number of imide groups is 1. The fourth-order valence-electron chi connectivity index (χ4n) is 2.46. The van der Waals surface area contributed by atoms with Gasteiger partial charge >= 0.3 is 0 Å². The number of hydrogen-bond donors (Lipinski definition) is 1. The van der Waals surface area contributed by atoms with E-state index < -0.39 is 0 Å². The molecule has 0 saturated carbocycles. The third-order valence-corrected chi connectivity index (χ3v) is 3.81. The summed E-state index contributed by atoms with van der Waals surface area (Å²) in [5, 5.41) is 3.00. The Labute approximate surface area is 153 Å². The van der Waals surface area contributed by atoms with Gasteiger partial charge in [-0.15, -0.1) is 0 Å². The number of nitrogens with zero attached hydrogens (tertiary/aromatic N) is 1. The van der Waals surface area contributed by atoms with Gasteiger partial charge in [0, 0.05) is 19.2 Å². The standard InChI is InChI=1S/C19H24N2O5/c1-20-9-11-26-19-15(24-2)12-14(13-16(19)25-3)7-8-18(23)21-10-5-4-6-17(21)22/h4,6-8,12-13,20H,5,9-11H2,1-3H3. The number of hydrogen-bond acceptors (Lipinski definition) is 6. The average Bonchev–Trinajstić information content (AvgIpc) is 2.66. The molecule has 1 aliphatic rings. The topological polar surface area (TPSA) is 77.1 Å². The van der Waals surface area contributed by atoms with Gasteiger partial charge in [-0.1, -0.05) is 6.08 Å². The molecule has 1 aromatic carbocycles. The Morgan fingerprint density at radius 3 is 2.54 bits per heavy atom. The zero-order valence-corrected chi connectivity index (χ0v) is 15.3. The first-order valence-electron chi connectivity index (χ1n) is 8.34. The molecular weight excluding hydrogens is 336 g/mol. The summed E-state index contributed by atoms with van der Waals surface area (Å²) >= 11 is 0. The van der Waals surface area contributed by atoms with Gasteiger partial charge in [0.15, 0.2) is 11.5 Å². The lowest BCUT2D eigenvalue weighted by molar-refractivity contribution is -0.139. The average molecular weight is 360 g/mol. The van der Waals surface area contributed by atoms with Crippen molar-refractivity contribution in [3.05, 3.63) is 35.9 Å². The van der Waals surface area contributed by atoms with Crippen LogP contribution < -0.4 is 19.5 Å². The van der Waals surface area contributed by atoms with Gasteiger partial charge in [-0.05, 0) is 43.3 Å². The first-order valence-corrected chi connectivity index (χ1v) is 8.34. The van der Waals surface area contributed by atoms with E-state index in [1.165, 1.54) is 31.3 Å². The highest BCUT2D eigenvalue weighted by Crippen LogP contribution is 2.38. The second kappa shape index (κ2) is 9.62. The molecular formula is C19H24N2O5. The molecule has 0 fully saturated rings. The third kappa shape index (κ3) is 4.86. The molecule has 1 aliphatic heterocycles. The molecule has 2 amide bonds. The molecule has 26 heavy (non-hydrogen) atoms. The first kappa shape index (κ1) is 19.5. The molecule has 0 spiro atoms. The minimum absolute atomic E-state index is 0.297. The minimum Gasteiger partial charge on any atom is -0.493 e. The van der Waals surface area contributed by atoms with Gasteiger partial charge in [-0.25, -0.2) is 0 Å². The summed E-state index contributed by atoms with van der Waals surface area (Å²) in [6, 6.07) is 3.50. The lowest BCUT2D eigenvalue weighted by Crippen LogP contribution is -2.37. The number of nitrogens with one attached hydrogen (secondary N) is 1. The van der Waals surface area contributed by atoms with Crippen molar-refractivity contribution in [3.8, 4) is 17.2 Å². The van der Waals surface area contributed by atoms with Crippen LogP contribution in [0.2, 0.25) is 0 Å². The number of likely N-dealkylation sites (N-methyl/N-ethyl adjacent to an activating group) is 1. The Morgan fingerprint density at radius 1 is 1.27 bits per heavy atom. The van der Waals surface area contributed by atoms with Crippen LogP contribution in [0.1, 0.15) is 12.0 Å². The number of amides is 2. The fraction of sp³-hybridized carbons (Fsp3) is 0.368. The predicted molar refractivity (Wildman–Crippen MR) is 98.5 cm³/mol. The molecule has 1 aromatic rings. The van der Waals surface area contributed by atoms with Crippen molar-refractivity contribution < 1.29 is 23.8 Å². The minimum atomic E-state index is -0.355. The van der Waals surface area contributed by atoms with Crippen LogP contribution in [0.5, 0.6) is 17.2 Å². The Hall–Kier alpha value is -2.80. The molecule has 7 heteroatoms. The lowest BCUT2D eigenvalue weighted by Gasteiger charge is -2.19. The molecule has 1 N–H and O–H groups in total. The molecule has 1 heterocycles. The van der Waals surface area contributed by atoms with Crippen LogP contribution in [0.15, 0.2) is 30.4 Å². The quantitative estimate of drug-likeness (QED) is 0.561. The van der Waals surface area contributed by atoms with Gasteiger partial charge in [-0.3, -0.25) is 14.5 Å². The molecule has 0 saturated heterocycles. The maximum absolute atomic E-state index is 12.2. The number of benzene rings is 1. The number of ether oxygens (including phenoxy) is 3. The zero-order chi connectivity index (χ0) is 18.9. The Balaban J connectivity index is 2.19. The Bertz CT molecular complexity index is 687. The first-order chi connectivity index (χ1) is 12.6. The van der Waals surface area contributed by atoms with Crippen LogP contribution >= 0.6 is 0 Å². The molecule has 0 radical (unpaired) electrons. The summed E-state index contributed by atoms with van der Waals surface area (Å²) in [6.45, 7) is 1.53. The van der Waals surface area contributed by atoms with Gasteiger partial charge in [0.2, 0.25) is 5.75 Å². The van der Waals surface area contributed by atoms with Crippen molar-refractivity contribution in [1.29, 1.82) is 0 Å². The van der Waals surface area contributed by atoms with Crippen LogP contribution in [0.25, 0.3) is 6.08 Å². The van der Waals surface area contributed by atoms with Crippen LogP contribution in [0.4, 0.5) is 0 Å². The number of methoxy groups -OCH3 is 2. The maximum atomic E-state index is 12.2. The van der Waals surface area contributed by atoms with Crippen molar-refractivity contribution in [1.82, 2.24) is 10.2 Å². The van der Waals surface area contributed by atoms with Gasteiger partial charge in [0.05, 0.1) is 14.2 Å². The SMILES string of the molecule is CNCCOc1c(OC)cc(C=CC(=O)N2CCC=CC2=O)cc1OC. The normalized spacial score (nSPS) is 14.0.